The zero-order chi connectivity index (χ0) is 21.3. The Labute approximate surface area is 178 Å². The zero-order valence-electron chi connectivity index (χ0n) is 18.0. The molecule has 1 aromatic heterocycles. The van der Waals surface area contributed by atoms with Crippen LogP contribution < -0.4 is 15.4 Å². The number of hydrogen-bond acceptors (Lipinski definition) is 4. The summed E-state index contributed by atoms with van der Waals surface area (Å²) >= 11 is 0. The summed E-state index contributed by atoms with van der Waals surface area (Å²) < 4.78 is 5.91. The molecule has 1 amide bonds. The molecule has 0 atom stereocenters. The lowest BCUT2D eigenvalue weighted by Crippen LogP contribution is -2.36. The zero-order valence-corrected chi connectivity index (χ0v) is 18.0. The fraction of sp³-hybridized carbons (Fsp3) is 0.435. The van der Waals surface area contributed by atoms with Crippen LogP contribution in [0.15, 0.2) is 47.6 Å². The van der Waals surface area contributed by atoms with E-state index in [1.807, 2.05) is 42.6 Å². The van der Waals surface area contributed by atoms with Crippen LogP contribution in [0.1, 0.15) is 47.2 Å². The molecule has 1 fully saturated rings. The topological polar surface area (TPSA) is 78.9 Å². The van der Waals surface area contributed by atoms with Gasteiger partial charge in [0.15, 0.2) is 5.96 Å². The summed E-state index contributed by atoms with van der Waals surface area (Å²) in [7, 11) is 5.24. The second kappa shape index (κ2) is 10.6. The van der Waals surface area contributed by atoms with Crippen molar-refractivity contribution in [1.29, 1.82) is 0 Å². The van der Waals surface area contributed by atoms with Crippen molar-refractivity contribution in [2.45, 2.75) is 44.9 Å². The summed E-state index contributed by atoms with van der Waals surface area (Å²) in [5.41, 5.74) is 2.81. The van der Waals surface area contributed by atoms with Crippen LogP contribution in [0.4, 0.5) is 0 Å². The van der Waals surface area contributed by atoms with Crippen molar-refractivity contribution in [1.82, 2.24) is 20.5 Å². The Morgan fingerprint density at radius 1 is 1.07 bits per heavy atom. The van der Waals surface area contributed by atoms with E-state index in [1.54, 1.807) is 26.0 Å². The molecule has 0 unspecified atom stereocenters. The van der Waals surface area contributed by atoms with E-state index in [9.17, 15) is 4.79 Å². The maximum atomic E-state index is 12.0. The Morgan fingerprint density at radius 3 is 2.27 bits per heavy atom. The Bertz CT molecular complexity index is 841. The molecule has 1 heterocycles. The predicted molar refractivity (Wildman–Crippen MR) is 119 cm³/mol. The van der Waals surface area contributed by atoms with Gasteiger partial charge in [0.2, 0.25) is 5.88 Å². The third-order valence-corrected chi connectivity index (χ3v) is 5.14. The lowest BCUT2D eigenvalue weighted by molar-refractivity contribution is 0.0827. The van der Waals surface area contributed by atoms with E-state index in [-0.39, 0.29) is 5.91 Å². The molecule has 1 aliphatic carbocycles. The number of nitrogens with zero attached hydrogens (tertiary/aromatic N) is 3. The second-order valence-corrected chi connectivity index (χ2v) is 7.70. The van der Waals surface area contributed by atoms with Crippen LogP contribution in [0.25, 0.3) is 0 Å². The summed E-state index contributed by atoms with van der Waals surface area (Å²) in [6, 6.07) is 11.5. The molecule has 2 N–H and O–H groups in total. The van der Waals surface area contributed by atoms with Gasteiger partial charge in [0.1, 0.15) is 6.10 Å². The van der Waals surface area contributed by atoms with Crippen LogP contribution in [0, 0.1) is 0 Å². The van der Waals surface area contributed by atoms with E-state index in [1.165, 1.54) is 12.8 Å². The molecule has 2 aromatic rings. The number of aliphatic imine (C=N–C) groups is 1. The average molecular weight is 410 g/mol. The number of carbonyl (C=O) groups is 1. The highest BCUT2D eigenvalue weighted by molar-refractivity contribution is 5.93. The van der Waals surface area contributed by atoms with Gasteiger partial charge in [-0.05, 0) is 48.9 Å². The van der Waals surface area contributed by atoms with Crippen molar-refractivity contribution < 1.29 is 9.53 Å². The summed E-state index contributed by atoms with van der Waals surface area (Å²) in [5, 5.41) is 6.58. The molecule has 30 heavy (non-hydrogen) atoms. The number of rotatable bonds is 7. The first-order chi connectivity index (χ1) is 14.5. The maximum Gasteiger partial charge on any atom is 0.253 e. The van der Waals surface area contributed by atoms with E-state index in [0.717, 1.165) is 24.0 Å². The molecule has 3 rings (SSSR count). The van der Waals surface area contributed by atoms with Gasteiger partial charge in [-0.25, -0.2) is 4.98 Å². The summed E-state index contributed by atoms with van der Waals surface area (Å²) in [5.74, 6) is 1.40. The lowest BCUT2D eigenvalue weighted by Gasteiger charge is -2.14. The molecule has 0 aliphatic heterocycles. The molecule has 0 bridgehead atoms. The van der Waals surface area contributed by atoms with Gasteiger partial charge in [-0.15, -0.1) is 0 Å². The molecule has 1 aliphatic rings. The van der Waals surface area contributed by atoms with Gasteiger partial charge in [0.05, 0.1) is 0 Å². The summed E-state index contributed by atoms with van der Waals surface area (Å²) in [6.07, 6.45) is 6.91. The minimum Gasteiger partial charge on any atom is -0.474 e. The highest BCUT2D eigenvalue weighted by atomic mass is 16.5. The predicted octanol–water partition coefficient (Wildman–Crippen LogP) is 2.97. The standard InChI is InChI=1S/C23H31N5O2/c1-24-23(26-14-17-8-11-19(12-9-17)22(29)28(2)3)27-16-18-10-13-21(25-15-18)30-20-6-4-5-7-20/h8-13,15,20H,4-7,14,16H2,1-3H3,(H2,24,26,27). The van der Waals surface area contributed by atoms with E-state index in [2.05, 4.69) is 20.6 Å². The molecule has 7 heteroatoms. The van der Waals surface area contributed by atoms with Crippen molar-refractivity contribution >= 4 is 11.9 Å². The molecule has 0 saturated heterocycles. The van der Waals surface area contributed by atoms with Crippen molar-refractivity contribution in [3.05, 3.63) is 59.3 Å². The maximum absolute atomic E-state index is 12.0. The number of guanidine groups is 1. The summed E-state index contributed by atoms with van der Waals surface area (Å²) in [6.45, 7) is 1.23. The van der Waals surface area contributed by atoms with Gasteiger partial charge >= 0.3 is 0 Å². The van der Waals surface area contributed by atoms with Crippen LogP contribution in [-0.2, 0) is 13.1 Å². The molecule has 0 spiro atoms. The van der Waals surface area contributed by atoms with Gasteiger partial charge in [0, 0.05) is 52.1 Å². The molecule has 7 nitrogen and oxygen atoms in total. The number of hydrogen-bond donors (Lipinski definition) is 2. The van der Waals surface area contributed by atoms with Crippen molar-refractivity contribution in [3.8, 4) is 5.88 Å². The van der Waals surface area contributed by atoms with Crippen LogP contribution in [0.2, 0.25) is 0 Å². The third-order valence-electron chi connectivity index (χ3n) is 5.14. The first-order valence-electron chi connectivity index (χ1n) is 10.4. The molecule has 0 radical (unpaired) electrons. The van der Waals surface area contributed by atoms with Gasteiger partial charge in [-0.1, -0.05) is 18.2 Å². The quantitative estimate of drug-likeness (QED) is 0.543. The third kappa shape index (κ3) is 6.20. The minimum atomic E-state index is 0.000237. The Kier molecular flexibility index (Phi) is 7.65. The fourth-order valence-corrected chi connectivity index (χ4v) is 3.38. The Morgan fingerprint density at radius 2 is 1.70 bits per heavy atom. The molecule has 1 saturated carbocycles. The fourth-order valence-electron chi connectivity index (χ4n) is 3.38. The highest BCUT2D eigenvalue weighted by Crippen LogP contribution is 2.22. The number of benzene rings is 1. The lowest BCUT2D eigenvalue weighted by atomic mass is 10.1. The highest BCUT2D eigenvalue weighted by Gasteiger charge is 2.16. The Hall–Kier alpha value is -3.09. The van der Waals surface area contributed by atoms with Crippen LogP contribution in [0.5, 0.6) is 5.88 Å². The van der Waals surface area contributed by atoms with E-state index >= 15 is 0 Å². The normalized spacial score (nSPS) is 14.4. The smallest absolute Gasteiger partial charge is 0.253 e. The number of aromatic nitrogens is 1. The van der Waals surface area contributed by atoms with E-state index < -0.39 is 0 Å². The molecular weight excluding hydrogens is 378 g/mol. The van der Waals surface area contributed by atoms with Crippen molar-refractivity contribution in [3.63, 3.8) is 0 Å². The van der Waals surface area contributed by atoms with Crippen LogP contribution in [0.3, 0.4) is 0 Å². The molecular formula is C23H31N5O2. The Balaban J connectivity index is 1.45. The van der Waals surface area contributed by atoms with Gasteiger partial charge in [-0.2, -0.15) is 0 Å². The van der Waals surface area contributed by atoms with E-state index in [4.69, 9.17) is 4.74 Å². The average Bonchev–Trinajstić information content (AvgIpc) is 3.28. The van der Waals surface area contributed by atoms with E-state index in [0.29, 0.717) is 36.6 Å². The van der Waals surface area contributed by atoms with Gasteiger partial charge in [0.25, 0.3) is 5.91 Å². The minimum absolute atomic E-state index is 0.000237. The van der Waals surface area contributed by atoms with Crippen LogP contribution in [-0.4, -0.2) is 49.0 Å². The van der Waals surface area contributed by atoms with Gasteiger partial charge in [-0.3, -0.25) is 9.79 Å². The molecule has 160 valence electrons. The number of amides is 1. The number of carbonyl (C=O) groups excluding carboxylic acids is 1. The number of ether oxygens (including phenoxy) is 1. The number of nitrogens with one attached hydrogen (secondary N) is 2. The SMILES string of the molecule is CN=C(NCc1ccc(C(=O)N(C)C)cc1)NCc1ccc(OC2CCCC2)nc1. The van der Waals surface area contributed by atoms with Crippen LogP contribution >= 0.6 is 0 Å². The largest absolute Gasteiger partial charge is 0.474 e. The first-order valence-corrected chi connectivity index (χ1v) is 10.4. The summed E-state index contributed by atoms with van der Waals surface area (Å²) in [4.78, 5) is 22.2. The molecule has 1 aromatic carbocycles. The first kappa shape index (κ1) is 21.6. The van der Waals surface area contributed by atoms with Crippen molar-refractivity contribution in [2.24, 2.45) is 4.99 Å². The van der Waals surface area contributed by atoms with Crippen molar-refractivity contribution in [2.75, 3.05) is 21.1 Å². The number of pyridine rings is 1. The second-order valence-electron chi connectivity index (χ2n) is 7.70. The van der Waals surface area contributed by atoms with Gasteiger partial charge < -0.3 is 20.3 Å². The monoisotopic (exact) mass is 409 g/mol.